The van der Waals surface area contributed by atoms with Gasteiger partial charge in [-0.2, -0.15) is 17.6 Å². The molecule has 0 spiro atoms. The van der Waals surface area contributed by atoms with E-state index >= 15 is 4.39 Å². The van der Waals surface area contributed by atoms with Crippen molar-refractivity contribution in [3.63, 3.8) is 0 Å². The van der Waals surface area contributed by atoms with Crippen LogP contribution in [0.2, 0.25) is 5.02 Å². The van der Waals surface area contributed by atoms with Gasteiger partial charge in [0.15, 0.2) is 0 Å². The number of urea groups is 1. The molecule has 14 heteroatoms. The maximum atomic E-state index is 15.1. The maximum absolute atomic E-state index is 15.1. The largest absolute Gasteiger partial charge is 0.461 e. The summed E-state index contributed by atoms with van der Waals surface area (Å²) in [4.78, 5) is 41.9. The Hall–Kier alpha value is -4.26. The first kappa shape index (κ1) is 36.6. The minimum Gasteiger partial charge on any atom is -0.428 e. The van der Waals surface area contributed by atoms with Gasteiger partial charge in [0.25, 0.3) is 0 Å². The van der Waals surface area contributed by atoms with Gasteiger partial charge in [-0.25, -0.2) is 9.18 Å². The summed E-state index contributed by atoms with van der Waals surface area (Å²) >= 11 is 6.10. The van der Waals surface area contributed by atoms with Crippen LogP contribution in [0.1, 0.15) is 62.3 Å². The summed E-state index contributed by atoms with van der Waals surface area (Å²) in [5, 5.41) is 8.87. The minimum atomic E-state index is -4.92. The summed E-state index contributed by atoms with van der Waals surface area (Å²) < 4.78 is 73.1. The number of Topliss-reactive ketones (excluding diaryl/α,β-unsaturated/α-hetero) is 1. The number of amides is 3. The molecule has 1 aliphatic carbocycles. The van der Waals surface area contributed by atoms with E-state index in [1.54, 1.807) is 30.3 Å². The van der Waals surface area contributed by atoms with Crippen LogP contribution in [0.5, 0.6) is 5.75 Å². The Morgan fingerprint density at radius 1 is 1.02 bits per heavy atom. The van der Waals surface area contributed by atoms with Crippen LogP contribution in [0.4, 0.5) is 26.7 Å². The molecule has 8 nitrogen and oxygen atoms in total. The van der Waals surface area contributed by atoms with Crippen molar-refractivity contribution in [3.8, 4) is 5.75 Å². The predicted octanol–water partition coefficient (Wildman–Crippen LogP) is 6.94. The van der Waals surface area contributed by atoms with Gasteiger partial charge in [-0.1, -0.05) is 41.9 Å². The molecule has 0 saturated heterocycles. The number of pyridine rings is 1. The zero-order valence-electron chi connectivity index (χ0n) is 26.1. The third-order valence-electron chi connectivity index (χ3n) is 8.11. The zero-order valence-corrected chi connectivity index (χ0v) is 26.8. The van der Waals surface area contributed by atoms with E-state index in [1.165, 1.54) is 25.3 Å². The summed E-state index contributed by atoms with van der Waals surface area (Å²) in [5.74, 6) is -2.29. The topological polar surface area (TPSA) is 109 Å². The van der Waals surface area contributed by atoms with Crippen molar-refractivity contribution in [3.05, 3.63) is 94.5 Å². The van der Waals surface area contributed by atoms with Crippen LogP contribution >= 0.6 is 11.6 Å². The molecular weight excluding hydrogens is 659 g/mol. The maximum Gasteiger partial charge on any atom is 0.461 e. The molecular formula is C34H36ClF5N4O4. The molecule has 1 aromatic heterocycles. The van der Waals surface area contributed by atoms with Gasteiger partial charge < -0.3 is 25.5 Å². The van der Waals surface area contributed by atoms with Crippen molar-refractivity contribution >= 4 is 29.3 Å². The predicted molar refractivity (Wildman–Crippen MR) is 168 cm³/mol. The van der Waals surface area contributed by atoms with Crippen molar-refractivity contribution in [1.29, 1.82) is 0 Å². The molecule has 2 aromatic carbocycles. The molecule has 3 aromatic rings. The minimum absolute atomic E-state index is 0.0493. The van der Waals surface area contributed by atoms with Crippen LogP contribution in [-0.2, 0) is 21.5 Å². The van der Waals surface area contributed by atoms with E-state index in [4.69, 9.17) is 11.6 Å². The van der Waals surface area contributed by atoms with Gasteiger partial charge in [0.1, 0.15) is 22.9 Å². The van der Waals surface area contributed by atoms with Crippen molar-refractivity contribution in [2.45, 2.75) is 76.0 Å². The molecule has 48 heavy (non-hydrogen) atoms. The van der Waals surface area contributed by atoms with Crippen molar-refractivity contribution in [2.75, 3.05) is 6.54 Å². The Morgan fingerprint density at radius 3 is 2.35 bits per heavy atom. The first-order chi connectivity index (χ1) is 22.8. The lowest BCUT2D eigenvalue weighted by Gasteiger charge is -2.37. The highest BCUT2D eigenvalue weighted by molar-refractivity contribution is 6.30. The molecule has 3 amide bonds. The SMILES string of the molecule is CC(=O)CCCNC(=O)C1CCC(NC(=O)N[C@@](Cc2ccccc2)(c2cc(F)cc(OC(F)(F)C(F)F)c2)c2ccc(Cl)cn2)CC1. The lowest BCUT2D eigenvalue weighted by Crippen LogP contribution is -2.55. The molecule has 4 rings (SSSR count). The van der Waals surface area contributed by atoms with E-state index in [2.05, 4.69) is 25.7 Å². The third-order valence-corrected chi connectivity index (χ3v) is 8.34. The van der Waals surface area contributed by atoms with Gasteiger partial charge in [0.2, 0.25) is 5.91 Å². The molecule has 0 unspecified atom stereocenters. The van der Waals surface area contributed by atoms with Crippen LogP contribution < -0.4 is 20.7 Å². The average Bonchev–Trinajstić information content (AvgIpc) is 3.03. The quantitative estimate of drug-likeness (QED) is 0.125. The van der Waals surface area contributed by atoms with Crippen LogP contribution in [0.3, 0.4) is 0 Å². The number of nitrogens with zero attached hydrogens (tertiary/aromatic N) is 1. The molecule has 0 aliphatic heterocycles. The molecule has 0 radical (unpaired) electrons. The van der Waals surface area contributed by atoms with E-state index in [1.807, 2.05) is 0 Å². The first-order valence-electron chi connectivity index (χ1n) is 15.5. The Morgan fingerprint density at radius 2 is 1.73 bits per heavy atom. The van der Waals surface area contributed by atoms with Crippen LogP contribution in [0.15, 0.2) is 66.9 Å². The number of nitrogens with one attached hydrogen (secondary N) is 3. The van der Waals surface area contributed by atoms with Gasteiger partial charge in [-0.15, -0.1) is 0 Å². The second-order valence-corrected chi connectivity index (χ2v) is 12.2. The van der Waals surface area contributed by atoms with Gasteiger partial charge in [0, 0.05) is 43.6 Å². The number of carbonyl (C=O) groups excluding carboxylic acids is 3. The number of benzene rings is 2. The molecule has 1 heterocycles. The fourth-order valence-electron chi connectivity index (χ4n) is 5.73. The number of rotatable bonds is 14. The smallest absolute Gasteiger partial charge is 0.428 e. The highest BCUT2D eigenvalue weighted by Crippen LogP contribution is 2.37. The molecule has 1 saturated carbocycles. The number of ether oxygens (including phenoxy) is 1. The van der Waals surface area contributed by atoms with E-state index < -0.39 is 35.7 Å². The summed E-state index contributed by atoms with van der Waals surface area (Å²) in [7, 11) is 0. The third kappa shape index (κ3) is 9.88. The Kier molecular flexibility index (Phi) is 12.4. The van der Waals surface area contributed by atoms with Crippen LogP contribution in [0, 0.1) is 11.7 Å². The van der Waals surface area contributed by atoms with Gasteiger partial charge in [0.05, 0.1) is 10.7 Å². The second kappa shape index (κ2) is 16.2. The van der Waals surface area contributed by atoms with Crippen LogP contribution in [0.25, 0.3) is 0 Å². The van der Waals surface area contributed by atoms with Crippen molar-refractivity contribution in [1.82, 2.24) is 20.9 Å². The second-order valence-electron chi connectivity index (χ2n) is 11.8. The fourth-order valence-corrected chi connectivity index (χ4v) is 5.84. The van der Waals surface area contributed by atoms with E-state index in [9.17, 15) is 31.9 Å². The number of hydrogen-bond acceptors (Lipinski definition) is 5. The summed E-state index contributed by atoms with van der Waals surface area (Å²) in [6.07, 6.45) is -4.98. The van der Waals surface area contributed by atoms with Crippen molar-refractivity contribution in [2.24, 2.45) is 5.92 Å². The van der Waals surface area contributed by atoms with Crippen LogP contribution in [-0.4, -0.2) is 47.8 Å². The number of alkyl halides is 4. The normalized spacial score (nSPS) is 17.7. The number of carbonyl (C=O) groups is 3. The van der Waals surface area contributed by atoms with E-state index in [0.29, 0.717) is 56.7 Å². The van der Waals surface area contributed by atoms with E-state index in [0.717, 1.165) is 12.1 Å². The molecule has 1 aliphatic rings. The standard InChI is InChI=1S/C34H36ClF5N4O4/c1-21(45)6-5-15-41-30(46)23-9-12-27(13-10-23)43-32(47)44-33(19-22-7-3-2-4-8-22,29-14-11-25(35)20-42-29)24-16-26(36)18-28(17-24)48-34(39,40)31(37)38/h2-4,7-8,11,14,16-18,20,23,27,31H,5-6,9-10,12-13,15,19H2,1H3,(H,41,46)(H2,43,44,47)/t23?,27?,33-/m0/s1. The monoisotopic (exact) mass is 694 g/mol. The number of ketones is 1. The van der Waals surface area contributed by atoms with E-state index in [-0.39, 0.29) is 46.4 Å². The average molecular weight is 695 g/mol. The zero-order chi connectivity index (χ0) is 34.9. The summed E-state index contributed by atoms with van der Waals surface area (Å²) in [6.45, 7) is 1.89. The lowest BCUT2D eigenvalue weighted by atomic mass is 9.80. The number of halogens is 6. The number of hydrogen-bond donors (Lipinski definition) is 3. The van der Waals surface area contributed by atoms with Gasteiger partial charge in [-0.3, -0.25) is 9.78 Å². The summed E-state index contributed by atoms with van der Waals surface area (Å²) in [5.41, 5.74) is -1.07. The lowest BCUT2D eigenvalue weighted by molar-refractivity contribution is -0.253. The summed E-state index contributed by atoms with van der Waals surface area (Å²) in [6, 6.07) is 13.1. The van der Waals surface area contributed by atoms with Gasteiger partial charge >= 0.3 is 18.6 Å². The highest BCUT2D eigenvalue weighted by Gasteiger charge is 2.45. The highest BCUT2D eigenvalue weighted by atomic mass is 35.5. The Balaban J connectivity index is 1.62. The molecule has 0 bridgehead atoms. The fraction of sp³-hybridized carbons (Fsp3) is 0.412. The molecule has 1 atom stereocenters. The molecule has 1 fully saturated rings. The Labute approximate surface area is 279 Å². The van der Waals surface area contributed by atoms with Crippen molar-refractivity contribution < 1.29 is 41.1 Å². The molecule has 3 N–H and O–H groups in total. The molecule has 258 valence electrons. The van der Waals surface area contributed by atoms with Gasteiger partial charge in [-0.05, 0) is 74.4 Å². The Bertz CT molecular complexity index is 1560. The number of aromatic nitrogens is 1. The first-order valence-corrected chi connectivity index (χ1v) is 15.8.